The lowest BCUT2D eigenvalue weighted by molar-refractivity contribution is 0.0781. The summed E-state index contributed by atoms with van der Waals surface area (Å²) in [7, 11) is 1.71. The number of H-pyrrole nitrogens is 1. The third kappa shape index (κ3) is 2.29. The number of benzene rings is 1. The molecule has 7 heteroatoms. The second-order valence-electron chi connectivity index (χ2n) is 4.57. The predicted octanol–water partition coefficient (Wildman–Crippen LogP) is 1.11. The summed E-state index contributed by atoms with van der Waals surface area (Å²) in [6.07, 6.45) is 0. The molecule has 0 unspecified atom stereocenters. The van der Waals surface area contributed by atoms with E-state index in [0.29, 0.717) is 29.4 Å². The highest BCUT2D eigenvalue weighted by Crippen LogP contribution is 2.32. The molecular formula is C13H14N4O3. The van der Waals surface area contributed by atoms with Gasteiger partial charge in [-0.3, -0.25) is 9.89 Å². The molecule has 7 nitrogen and oxygen atoms in total. The van der Waals surface area contributed by atoms with E-state index >= 15 is 0 Å². The van der Waals surface area contributed by atoms with Gasteiger partial charge in [0.25, 0.3) is 5.91 Å². The number of fused-ring (bicyclic) bond motifs is 1. The molecule has 20 heavy (non-hydrogen) atoms. The van der Waals surface area contributed by atoms with Gasteiger partial charge in [-0.15, -0.1) is 0 Å². The number of nitrogens with one attached hydrogen (secondary N) is 1. The van der Waals surface area contributed by atoms with Crippen molar-refractivity contribution in [2.75, 3.05) is 13.8 Å². The summed E-state index contributed by atoms with van der Waals surface area (Å²) in [4.78, 5) is 18.1. The first kappa shape index (κ1) is 12.5. The van der Waals surface area contributed by atoms with Crippen LogP contribution in [0.3, 0.4) is 0 Å². The van der Waals surface area contributed by atoms with Gasteiger partial charge in [0.1, 0.15) is 5.82 Å². The highest BCUT2D eigenvalue weighted by molar-refractivity contribution is 5.94. The van der Waals surface area contributed by atoms with Gasteiger partial charge in [-0.25, -0.2) is 4.98 Å². The van der Waals surface area contributed by atoms with Crippen molar-refractivity contribution in [2.24, 2.45) is 0 Å². The van der Waals surface area contributed by atoms with Crippen LogP contribution < -0.4 is 9.47 Å². The number of nitrogens with zero attached hydrogens (tertiary/aromatic N) is 3. The van der Waals surface area contributed by atoms with Crippen molar-refractivity contribution in [1.29, 1.82) is 0 Å². The van der Waals surface area contributed by atoms with Gasteiger partial charge in [0, 0.05) is 12.6 Å². The molecule has 0 saturated carbocycles. The Labute approximate surface area is 115 Å². The van der Waals surface area contributed by atoms with E-state index in [1.165, 1.54) is 0 Å². The molecule has 2 heterocycles. The maximum absolute atomic E-state index is 12.3. The van der Waals surface area contributed by atoms with E-state index in [1.54, 1.807) is 30.1 Å². The third-order valence-corrected chi connectivity index (χ3v) is 2.99. The van der Waals surface area contributed by atoms with E-state index in [0.717, 1.165) is 5.82 Å². The number of aromatic nitrogens is 3. The lowest BCUT2D eigenvalue weighted by atomic mass is 10.2. The first-order chi connectivity index (χ1) is 9.63. The number of amides is 1. The van der Waals surface area contributed by atoms with Crippen LogP contribution in [0.5, 0.6) is 11.5 Å². The minimum absolute atomic E-state index is 0.120. The largest absolute Gasteiger partial charge is 0.454 e. The van der Waals surface area contributed by atoms with Crippen molar-refractivity contribution in [1.82, 2.24) is 20.1 Å². The molecule has 0 saturated heterocycles. The Balaban J connectivity index is 1.74. The number of carbonyl (C=O) groups excluding carboxylic acids is 1. The fraction of sp³-hybridized carbons (Fsp3) is 0.308. The third-order valence-electron chi connectivity index (χ3n) is 2.99. The van der Waals surface area contributed by atoms with Crippen LogP contribution in [0.4, 0.5) is 0 Å². The zero-order valence-electron chi connectivity index (χ0n) is 11.2. The fourth-order valence-corrected chi connectivity index (χ4v) is 1.99. The number of aromatic amines is 1. The maximum atomic E-state index is 12.3. The molecule has 3 rings (SSSR count). The quantitative estimate of drug-likeness (QED) is 0.907. The molecular weight excluding hydrogens is 260 g/mol. The number of carbonyl (C=O) groups is 1. The van der Waals surface area contributed by atoms with Crippen molar-refractivity contribution in [3.8, 4) is 11.5 Å². The molecule has 0 spiro atoms. The van der Waals surface area contributed by atoms with Crippen LogP contribution in [-0.2, 0) is 6.54 Å². The molecule has 0 bridgehead atoms. The van der Waals surface area contributed by atoms with Gasteiger partial charge in [-0.1, -0.05) is 0 Å². The highest BCUT2D eigenvalue weighted by atomic mass is 16.7. The first-order valence-corrected chi connectivity index (χ1v) is 6.16. The molecule has 1 N–H and O–H groups in total. The van der Waals surface area contributed by atoms with Crippen molar-refractivity contribution in [2.45, 2.75) is 13.5 Å². The van der Waals surface area contributed by atoms with Gasteiger partial charge < -0.3 is 14.4 Å². The molecule has 104 valence electrons. The van der Waals surface area contributed by atoms with E-state index in [9.17, 15) is 4.79 Å². The normalized spacial score (nSPS) is 12.5. The molecule has 1 aliphatic rings. The minimum atomic E-state index is -0.120. The summed E-state index contributed by atoms with van der Waals surface area (Å²) in [6.45, 7) is 2.35. The Bertz CT molecular complexity index is 653. The van der Waals surface area contributed by atoms with Gasteiger partial charge >= 0.3 is 0 Å². The van der Waals surface area contributed by atoms with E-state index in [1.807, 2.05) is 6.92 Å². The Morgan fingerprint density at radius 3 is 2.95 bits per heavy atom. The second-order valence-corrected chi connectivity index (χ2v) is 4.57. The van der Waals surface area contributed by atoms with Crippen LogP contribution in [0.25, 0.3) is 0 Å². The average molecular weight is 274 g/mol. The minimum Gasteiger partial charge on any atom is -0.454 e. The Morgan fingerprint density at radius 2 is 2.20 bits per heavy atom. The van der Waals surface area contributed by atoms with E-state index < -0.39 is 0 Å². The number of rotatable bonds is 3. The number of hydrogen-bond donors (Lipinski definition) is 1. The lowest BCUT2D eigenvalue weighted by Crippen LogP contribution is -2.26. The van der Waals surface area contributed by atoms with Crippen LogP contribution >= 0.6 is 0 Å². The monoisotopic (exact) mass is 274 g/mol. The molecule has 1 aromatic heterocycles. The van der Waals surface area contributed by atoms with E-state index in [-0.39, 0.29) is 12.7 Å². The van der Waals surface area contributed by atoms with Crippen LogP contribution in [0.1, 0.15) is 22.0 Å². The molecule has 1 aromatic carbocycles. The van der Waals surface area contributed by atoms with Crippen LogP contribution in [0.15, 0.2) is 18.2 Å². The van der Waals surface area contributed by atoms with E-state index in [4.69, 9.17) is 9.47 Å². The number of aryl methyl sites for hydroxylation is 1. The van der Waals surface area contributed by atoms with Crippen molar-refractivity contribution in [3.05, 3.63) is 35.4 Å². The molecule has 1 amide bonds. The van der Waals surface area contributed by atoms with Crippen molar-refractivity contribution >= 4 is 5.91 Å². The molecule has 0 radical (unpaired) electrons. The predicted molar refractivity (Wildman–Crippen MR) is 69.5 cm³/mol. The van der Waals surface area contributed by atoms with Crippen LogP contribution in [0.2, 0.25) is 0 Å². The van der Waals surface area contributed by atoms with Gasteiger partial charge in [-0.2, -0.15) is 5.10 Å². The SMILES string of the molecule is Cc1nc(CN(C)C(=O)c2ccc3c(c2)OCO3)n[nH]1. The maximum Gasteiger partial charge on any atom is 0.254 e. The lowest BCUT2D eigenvalue weighted by Gasteiger charge is -2.15. The molecule has 0 atom stereocenters. The Kier molecular flexibility index (Phi) is 3.02. The smallest absolute Gasteiger partial charge is 0.254 e. The highest BCUT2D eigenvalue weighted by Gasteiger charge is 2.19. The average Bonchev–Trinajstić information content (AvgIpc) is 3.05. The zero-order valence-corrected chi connectivity index (χ0v) is 11.2. The fourth-order valence-electron chi connectivity index (χ4n) is 1.99. The van der Waals surface area contributed by atoms with Gasteiger partial charge in [0.2, 0.25) is 6.79 Å². The molecule has 1 aliphatic heterocycles. The number of ether oxygens (including phenoxy) is 2. The van der Waals surface area contributed by atoms with E-state index in [2.05, 4.69) is 15.2 Å². The summed E-state index contributed by atoms with van der Waals surface area (Å²) >= 11 is 0. The van der Waals surface area contributed by atoms with Gasteiger partial charge in [-0.05, 0) is 25.1 Å². The summed E-state index contributed by atoms with van der Waals surface area (Å²) < 4.78 is 10.5. The van der Waals surface area contributed by atoms with Crippen molar-refractivity contribution < 1.29 is 14.3 Å². The molecule has 0 fully saturated rings. The topological polar surface area (TPSA) is 80.3 Å². The number of hydrogen-bond acceptors (Lipinski definition) is 5. The Morgan fingerprint density at radius 1 is 1.40 bits per heavy atom. The summed E-state index contributed by atoms with van der Waals surface area (Å²) in [5.74, 6) is 2.44. The van der Waals surface area contributed by atoms with Crippen LogP contribution in [0, 0.1) is 6.92 Å². The summed E-state index contributed by atoms with van der Waals surface area (Å²) in [5, 5.41) is 6.77. The van der Waals surface area contributed by atoms with Gasteiger partial charge in [0.15, 0.2) is 17.3 Å². The molecule has 0 aliphatic carbocycles. The summed E-state index contributed by atoms with van der Waals surface area (Å²) in [5.41, 5.74) is 0.545. The second kappa shape index (κ2) is 4.84. The first-order valence-electron chi connectivity index (χ1n) is 6.16. The van der Waals surface area contributed by atoms with Crippen molar-refractivity contribution in [3.63, 3.8) is 0 Å². The van der Waals surface area contributed by atoms with Gasteiger partial charge in [0.05, 0.1) is 6.54 Å². The zero-order chi connectivity index (χ0) is 14.1. The molecule has 2 aromatic rings. The summed E-state index contributed by atoms with van der Waals surface area (Å²) in [6, 6.07) is 5.14. The standard InChI is InChI=1S/C13H14N4O3/c1-8-14-12(16-15-8)6-17(2)13(18)9-3-4-10-11(5-9)20-7-19-10/h3-5H,6-7H2,1-2H3,(H,14,15,16). The Hall–Kier alpha value is -2.57. The van der Waals surface area contributed by atoms with Crippen LogP contribution in [-0.4, -0.2) is 39.8 Å².